The highest BCUT2D eigenvalue weighted by Gasteiger charge is 2.37. The molecule has 0 aliphatic carbocycles. The van der Waals surface area contributed by atoms with E-state index < -0.39 is 47.9 Å². The molecule has 4 amide bonds. The number of carbonyl (C=O) groups is 4. The van der Waals surface area contributed by atoms with Gasteiger partial charge in [-0.2, -0.15) is 0 Å². The first kappa shape index (κ1) is 35.9. The van der Waals surface area contributed by atoms with Gasteiger partial charge in [0.2, 0.25) is 11.8 Å². The van der Waals surface area contributed by atoms with Gasteiger partial charge in [-0.05, 0) is 80.3 Å². The third-order valence-electron chi connectivity index (χ3n) is 7.54. The second kappa shape index (κ2) is 16.6. The number of fused-ring (bicyclic) bond motifs is 1. The molecule has 248 valence electrons. The number of amides is 4. The van der Waals surface area contributed by atoms with Crippen molar-refractivity contribution in [3.63, 3.8) is 0 Å². The molecule has 0 aromatic heterocycles. The summed E-state index contributed by atoms with van der Waals surface area (Å²) in [6.45, 7) is 9.06. The van der Waals surface area contributed by atoms with Crippen molar-refractivity contribution >= 4 is 40.3 Å². The number of ether oxygens (including phenoxy) is 1. The Morgan fingerprint density at radius 3 is 2.24 bits per heavy atom. The molecular weight excluding hydrogens is 584 g/mol. The van der Waals surface area contributed by atoms with Gasteiger partial charge in [-0.1, -0.05) is 75.4 Å². The number of nitrogens with one attached hydrogen (secondary N) is 2. The van der Waals surface area contributed by atoms with Gasteiger partial charge in [0.15, 0.2) is 0 Å². The lowest BCUT2D eigenvalue weighted by molar-refractivity contribution is -0.142. The molecule has 0 spiro atoms. The number of unbranched alkanes of at least 4 members (excludes halogenated alkanes) is 5. The number of carbonyl (C=O) groups excluding carboxylic acids is 4. The summed E-state index contributed by atoms with van der Waals surface area (Å²) in [5, 5.41) is 17.7. The van der Waals surface area contributed by atoms with Gasteiger partial charge in [-0.3, -0.25) is 14.4 Å². The predicted octanol–water partition coefficient (Wildman–Crippen LogP) is 6.49. The van der Waals surface area contributed by atoms with Gasteiger partial charge in [-0.25, -0.2) is 4.79 Å². The molecule has 0 fully saturated rings. The first-order valence-electron chi connectivity index (χ1n) is 16.0. The van der Waals surface area contributed by atoms with Gasteiger partial charge in [0, 0.05) is 12.2 Å². The number of rotatable bonds is 15. The van der Waals surface area contributed by atoms with Crippen LogP contribution < -0.4 is 16.4 Å². The molecule has 5 N–H and O–H groups in total. The van der Waals surface area contributed by atoms with E-state index in [-0.39, 0.29) is 12.3 Å². The fourth-order valence-corrected chi connectivity index (χ4v) is 5.28. The normalized spacial score (nSPS) is 12.6. The Morgan fingerprint density at radius 1 is 0.913 bits per heavy atom. The van der Waals surface area contributed by atoms with Crippen molar-refractivity contribution in [1.82, 2.24) is 10.2 Å². The maximum absolute atomic E-state index is 14.4. The maximum Gasteiger partial charge on any atom is 0.408 e. The van der Waals surface area contributed by atoms with Crippen molar-refractivity contribution in [3.05, 3.63) is 71.8 Å². The molecule has 0 saturated carbocycles. The summed E-state index contributed by atoms with van der Waals surface area (Å²) in [4.78, 5) is 54.9. The van der Waals surface area contributed by atoms with Crippen LogP contribution in [-0.2, 0) is 19.1 Å². The fourth-order valence-electron chi connectivity index (χ4n) is 5.28. The standard InChI is InChI=1S/C36H48N4O6/c1-6-7-8-9-10-13-20-40(34(44)29(23-31(37)42)39-35(45)46-36(3,4)5)32(27-17-19-30(41)24(2)21-27)33(43)38-28-18-16-25-14-11-12-15-26(25)22-28/h11-12,14-19,21-22,29,32,41H,6-10,13,20,23H2,1-5H3,(H2,37,42)(H,38,43)(H,39,45). The number of nitrogens with two attached hydrogens (primary N) is 1. The first-order chi connectivity index (χ1) is 21.8. The molecule has 10 nitrogen and oxygen atoms in total. The number of primary amides is 1. The van der Waals surface area contributed by atoms with Crippen LogP contribution in [-0.4, -0.2) is 52.0 Å². The maximum atomic E-state index is 14.4. The molecule has 0 heterocycles. The van der Waals surface area contributed by atoms with Crippen LogP contribution in [0.15, 0.2) is 60.7 Å². The highest BCUT2D eigenvalue weighted by molar-refractivity contribution is 6.01. The molecular formula is C36H48N4O6. The number of hydrogen-bond acceptors (Lipinski definition) is 6. The van der Waals surface area contributed by atoms with Gasteiger partial charge in [0.1, 0.15) is 23.4 Å². The molecule has 2 atom stereocenters. The summed E-state index contributed by atoms with van der Waals surface area (Å²) >= 11 is 0. The van der Waals surface area contributed by atoms with Gasteiger partial charge < -0.3 is 31.1 Å². The van der Waals surface area contributed by atoms with Crippen LogP contribution in [0.3, 0.4) is 0 Å². The van der Waals surface area contributed by atoms with E-state index in [0.29, 0.717) is 23.2 Å². The van der Waals surface area contributed by atoms with Crippen molar-refractivity contribution < 1.29 is 29.0 Å². The Balaban J connectivity index is 2.05. The lowest BCUT2D eigenvalue weighted by Crippen LogP contribution is -2.53. The minimum Gasteiger partial charge on any atom is -0.508 e. The molecule has 0 radical (unpaired) electrons. The summed E-state index contributed by atoms with van der Waals surface area (Å²) in [7, 11) is 0. The zero-order valence-electron chi connectivity index (χ0n) is 27.6. The minimum atomic E-state index is -1.37. The van der Waals surface area contributed by atoms with E-state index in [1.807, 2.05) is 36.4 Å². The lowest BCUT2D eigenvalue weighted by Gasteiger charge is -2.34. The first-order valence-corrected chi connectivity index (χ1v) is 16.0. The Bertz CT molecular complexity index is 1520. The molecule has 0 aliphatic rings. The largest absolute Gasteiger partial charge is 0.508 e. The summed E-state index contributed by atoms with van der Waals surface area (Å²) in [5.41, 5.74) is 6.19. The van der Waals surface area contributed by atoms with Crippen LogP contribution in [0.2, 0.25) is 0 Å². The lowest BCUT2D eigenvalue weighted by atomic mass is 9.99. The third kappa shape index (κ3) is 10.8. The smallest absolute Gasteiger partial charge is 0.408 e. The number of phenolic OH excluding ortho intramolecular Hbond substituents is 1. The topological polar surface area (TPSA) is 151 Å². The molecule has 2 unspecified atom stereocenters. The molecule has 3 aromatic carbocycles. The van der Waals surface area contributed by atoms with Crippen LogP contribution in [0.4, 0.5) is 10.5 Å². The average Bonchev–Trinajstić information content (AvgIpc) is 2.98. The second-order valence-electron chi connectivity index (χ2n) is 12.7. The van der Waals surface area contributed by atoms with Gasteiger partial charge >= 0.3 is 6.09 Å². The van der Waals surface area contributed by atoms with Crippen LogP contribution >= 0.6 is 0 Å². The number of benzene rings is 3. The number of phenols is 1. The van der Waals surface area contributed by atoms with E-state index in [4.69, 9.17) is 10.5 Å². The zero-order chi connectivity index (χ0) is 33.9. The monoisotopic (exact) mass is 632 g/mol. The van der Waals surface area contributed by atoms with Crippen molar-refractivity contribution in [3.8, 4) is 5.75 Å². The Morgan fingerprint density at radius 2 is 1.59 bits per heavy atom. The Hall–Kier alpha value is -4.60. The van der Waals surface area contributed by atoms with E-state index in [1.54, 1.807) is 45.9 Å². The quantitative estimate of drug-likeness (QED) is 0.141. The van der Waals surface area contributed by atoms with Crippen molar-refractivity contribution in [2.75, 3.05) is 11.9 Å². The molecule has 0 aliphatic heterocycles. The van der Waals surface area contributed by atoms with E-state index in [0.717, 1.165) is 42.9 Å². The number of anilines is 1. The molecule has 0 bridgehead atoms. The van der Waals surface area contributed by atoms with Crippen molar-refractivity contribution in [1.29, 1.82) is 0 Å². The number of nitrogens with zero attached hydrogens (tertiary/aromatic N) is 1. The van der Waals surface area contributed by atoms with Crippen molar-refractivity contribution in [2.24, 2.45) is 5.73 Å². The van der Waals surface area contributed by atoms with E-state index in [9.17, 15) is 24.3 Å². The Kier molecular flexibility index (Phi) is 13.0. The zero-order valence-corrected chi connectivity index (χ0v) is 27.6. The van der Waals surface area contributed by atoms with Gasteiger partial charge in [0.25, 0.3) is 5.91 Å². The SMILES string of the molecule is CCCCCCCCN(C(=O)C(CC(N)=O)NC(=O)OC(C)(C)C)C(C(=O)Nc1ccc2ccccc2c1)c1ccc(O)c(C)c1. The van der Waals surface area contributed by atoms with E-state index >= 15 is 0 Å². The highest BCUT2D eigenvalue weighted by Crippen LogP contribution is 2.30. The van der Waals surface area contributed by atoms with Crippen molar-refractivity contribution in [2.45, 2.75) is 97.2 Å². The predicted molar refractivity (Wildman–Crippen MR) is 180 cm³/mol. The van der Waals surface area contributed by atoms with Gasteiger partial charge in [0.05, 0.1) is 6.42 Å². The van der Waals surface area contributed by atoms with Crippen LogP contribution in [0, 0.1) is 6.92 Å². The number of hydrogen-bond donors (Lipinski definition) is 4. The van der Waals surface area contributed by atoms with Crippen LogP contribution in [0.1, 0.15) is 89.8 Å². The highest BCUT2D eigenvalue weighted by atomic mass is 16.6. The second-order valence-corrected chi connectivity index (χ2v) is 12.7. The van der Waals surface area contributed by atoms with E-state index in [2.05, 4.69) is 17.6 Å². The molecule has 46 heavy (non-hydrogen) atoms. The number of aromatic hydroxyl groups is 1. The summed E-state index contributed by atoms with van der Waals surface area (Å²) in [6.07, 6.45) is 4.24. The summed E-state index contributed by atoms with van der Waals surface area (Å²) in [5.74, 6) is -1.89. The molecule has 3 rings (SSSR count). The third-order valence-corrected chi connectivity index (χ3v) is 7.54. The van der Waals surface area contributed by atoms with E-state index in [1.165, 1.54) is 11.0 Å². The van der Waals surface area contributed by atoms with Crippen LogP contribution in [0.25, 0.3) is 10.8 Å². The number of alkyl carbamates (subject to hydrolysis) is 1. The fraction of sp³-hybridized carbons (Fsp3) is 0.444. The van der Waals surface area contributed by atoms with Gasteiger partial charge in [-0.15, -0.1) is 0 Å². The average molecular weight is 633 g/mol. The molecule has 0 saturated heterocycles. The summed E-state index contributed by atoms with van der Waals surface area (Å²) in [6, 6.07) is 15.5. The summed E-state index contributed by atoms with van der Waals surface area (Å²) < 4.78 is 5.37. The minimum absolute atomic E-state index is 0.0458. The molecule has 10 heteroatoms. The number of aryl methyl sites for hydroxylation is 1. The molecule has 3 aromatic rings. The van der Waals surface area contributed by atoms with Crippen LogP contribution in [0.5, 0.6) is 5.75 Å². The Labute approximate surface area is 271 Å².